The third-order valence-electron chi connectivity index (χ3n) is 8.85. The highest BCUT2D eigenvalue weighted by atomic mass is 14.5. The van der Waals surface area contributed by atoms with Gasteiger partial charge in [-0.3, -0.25) is 0 Å². The van der Waals surface area contributed by atoms with Crippen molar-refractivity contribution in [1.29, 1.82) is 0 Å². The highest BCUT2D eigenvalue weighted by molar-refractivity contribution is 5.64. The Labute approximate surface area is 173 Å². The predicted octanol–water partition coefficient (Wildman–Crippen LogP) is 7.88. The first kappa shape index (κ1) is 20.0. The molecule has 0 aliphatic heterocycles. The number of fused-ring (bicyclic) bond motifs is 4. The highest BCUT2D eigenvalue weighted by Gasteiger charge is 2.50. The lowest BCUT2D eigenvalue weighted by Gasteiger charge is -2.44. The fourth-order valence-corrected chi connectivity index (χ4v) is 6.59. The minimum Gasteiger partial charge on any atom is -0.0852 e. The molecule has 0 aromatic heterocycles. The zero-order chi connectivity index (χ0) is 20.1. The normalized spacial score (nSPS) is 31.0. The molecule has 1 fully saturated rings. The third-order valence-corrected chi connectivity index (χ3v) is 8.85. The van der Waals surface area contributed by atoms with Crippen LogP contribution in [0.2, 0.25) is 0 Å². The average molecular weight is 377 g/mol. The Morgan fingerprint density at radius 1 is 1.07 bits per heavy atom. The van der Waals surface area contributed by atoms with Gasteiger partial charge in [0.2, 0.25) is 0 Å². The van der Waals surface area contributed by atoms with Crippen LogP contribution in [0.1, 0.15) is 94.0 Å². The molecule has 152 valence electrons. The second-order valence-corrected chi connectivity index (χ2v) is 10.7. The van der Waals surface area contributed by atoms with Gasteiger partial charge in [-0.15, -0.1) is 0 Å². The Kier molecular flexibility index (Phi) is 5.36. The molecular weight excluding hydrogens is 336 g/mol. The van der Waals surface area contributed by atoms with E-state index in [1.165, 1.54) is 38.5 Å². The molecule has 5 atom stereocenters. The lowest BCUT2D eigenvalue weighted by Crippen LogP contribution is -2.35. The van der Waals surface area contributed by atoms with Crippen LogP contribution in [0.4, 0.5) is 0 Å². The summed E-state index contributed by atoms with van der Waals surface area (Å²) in [6.07, 6.45) is 17.7. The molecule has 0 spiro atoms. The van der Waals surface area contributed by atoms with E-state index in [-0.39, 0.29) is 0 Å². The summed E-state index contributed by atoms with van der Waals surface area (Å²) in [5, 5.41) is 0. The van der Waals surface area contributed by atoms with Gasteiger partial charge in [0, 0.05) is 0 Å². The second-order valence-electron chi connectivity index (χ2n) is 10.7. The first-order chi connectivity index (χ1) is 13.3. The van der Waals surface area contributed by atoms with Gasteiger partial charge in [0.05, 0.1) is 0 Å². The third kappa shape index (κ3) is 3.21. The fraction of sp³-hybridized carbons (Fsp3) is 0.643. The second kappa shape index (κ2) is 7.51. The average Bonchev–Trinajstić information content (AvgIpc) is 3.03. The summed E-state index contributed by atoms with van der Waals surface area (Å²) in [5.41, 5.74) is 8.66. The minimum atomic E-state index is 0.475. The molecule has 4 rings (SSSR count). The van der Waals surface area contributed by atoms with Crippen LogP contribution >= 0.6 is 0 Å². The zero-order valence-corrected chi connectivity index (χ0v) is 19.0. The van der Waals surface area contributed by atoms with Gasteiger partial charge in [0.15, 0.2) is 0 Å². The molecule has 0 amide bonds. The van der Waals surface area contributed by atoms with E-state index in [1.54, 1.807) is 27.8 Å². The summed E-state index contributed by atoms with van der Waals surface area (Å²) in [6.45, 7) is 14.5. The van der Waals surface area contributed by atoms with Gasteiger partial charge in [0.25, 0.3) is 0 Å². The van der Waals surface area contributed by atoms with Crippen molar-refractivity contribution in [3.8, 4) is 0 Å². The van der Waals surface area contributed by atoms with E-state index in [0.29, 0.717) is 17.3 Å². The van der Waals surface area contributed by atoms with Crippen molar-refractivity contribution in [2.45, 2.75) is 86.0 Å². The van der Waals surface area contributed by atoms with Crippen LogP contribution in [0, 0.1) is 36.0 Å². The SMILES string of the molecule is Cc1c2c(cc3c1CCC1(C)C3CCC1C(C)C=CC(C)C(C)C)CCC=C2. The predicted molar refractivity (Wildman–Crippen MR) is 123 cm³/mol. The monoisotopic (exact) mass is 376 g/mol. The molecular formula is C28H40. The van der Waals surface area contributed by atoms with Gasteiger partial charge in [-0.05, 0) is 108 Å². The first-order valence-electron chi connectivity index (χ1n) is 11.8. The van der Waals surface area contributed by atoms with Crippen molar-refractivity contribution in [2.75, 3.05) is 0 Å². The van der Waals surface area contributed by atoms with Crippen LogP contribution in [0.15, 0.2) is 24.3 Å². The van der Waals surface area contributed by atoms with E-state index in [4.69, 9.17) is 0 Å². The summed E-state index contributed by atoms with van der Waals surface area (Å²) in [4.78, 5) is 0. The fourth-order valence-electron chi connectivity index (χ4n) is 6.59. The van der Waals surface area contributed by atoms with E-state index >= 15 is 0 Å². The number of aryl methyl sites for hydroxylation is 1. The van der Waals surface area contributed by atoms with Crippen molar-refractivity contribution in [3.05, 3.63) is 52.1 Å². The molecule has 5 unspecified atom stereocenters. The number of hydrogen-bond acceptors (Lipinski definition) is 0. The molecule has 1 aromatic rings. The number of allylic oxidation sites excluding steroid dienone is 3. The number of rotatable bonds is 4. The van der Waals surface area contributed by atoms with Crippen LogP contribution in [0.3, 0.4) is 0 Å². The molecule has 3 aliphatic carbocycles. The number of hydrogen-bond donors (Lipinski definition) is 0. The van der Waals surface area contributed by atoms with Gasteiger partial charge in [-0.25, -0.2) is 0 Å². The van der Waals surface area contributed by atoms with E-state index < -0.39 is 0 Å². The highest BCUT2D eigenvalue weighted by Crippen LogP contribution is 2.61. The summed E-state index contributed by atoms with van der Waals surface area (Å²) >= 11 is 0. The van der Waals surface area contributed by atoms with Crippen molar-refractivity contribution in [1.82, 2.24) is 0 Å². The minimum absolute atomic E-state index is 0.475. The lowest BCUT2D eigenvalue weighted by molar-refractivity contribution is 0.142. The van der Waals surface area contributed by atoms with Crippen LogP contribution in [0.5, 0.6) is 0 Å². The largest absolute Gasteiger partial charge is 0.0852 e. The molecule has 1 saturated carbocycles. The van der Waals surface area contributed by atoms with E-state index in [1.807, 2.05) is 0 Å². The Hall–Kier alpha value is -1.30. The van der Waals surface area contributed by atoms with Gasteiger partial charge in [-0.1, -0.05) is 65.0 Å². The molecule has 3 aliphatic rings. The topological polar surface area (TPSA) is 0 Å². The molecule has 0 nitrogen and oxygen atoms in total. The van der Waals surface area contributed by atoms with Gasteiger partial charge in [0.1, 0.15) is 0 Å². The molecule has 0 heteroatoms. The van der Waals surface area contributed by atoms with E-state index in [0.717, 1.165) is 17.8 Å². The summed E-state index contributed by atoms with van der Waals surface area (Å²) in [6, 6.07) is 2.63. The van der Waals surface area contributed by atoms with Gasteiger partial charge in [-0.2, -0.15) is 0 Å². The van der Waals surface area contributed by atoms with Gasteiger partial charge < -0.3 is 0 Å². The molecule has 1 aromatic carbocycles. The maximum atomic E-state index is 2.63. The van der Waals surface area contributed by atoms with Crippen LogP contribution < -0.4 is 0 Å². The quantitative estimate of drug-likeness (QED) is 0.469. The Bertz CT molecular complexity index is 793. The summed E-state index contributed by atoms with van der Waals surface area (Å²) in [7, 11) is 0. The van der Waals surface area contributed by atoms with Crippen molar-refractivity contribution in [2.24, 2.45) is 29.1 Å². The Balaban J connectivity index is 1.63. The smallest absolute Gasteiger partial charge is 0.0102 e. The number of benzene rings is 1. The van der Waals surface area contributed by atoms with Crippen LogP contribution in [0.25, 0.3) is 6.08 Å². The van der Waals surface area contributed by atoms with Crippen molar-refractivity contribution >= 4 is 6.08 Å². The molecule has 0 bridgehead atoms. The zero-order valence-electron chi connectivity index (χ0n) is 19.0. The Morgan fingerprint density at radius 2 is 1.86 bits per heavy atom. The lowest BCUT2D eigenvalue weighted by atomic mass is 9.60. The van der Waals surface area contributed by atoms with Gasteiger partial charge >= 0.3 is 0 Å². The molecule has 0 radical (unpaired) electrons. The standard InChI is InChI=1S/C28H40/c1-18(2)19(3)11-12-20(4)26-13-14-27-25-17-22-9-7-8-10-23(22)21(5)24(25)15-16-28(26,27)6/h8,10-12,17-20,26-27H,7,9,13-16H2,1-6H3. The summed E-state index contributed by atoms with van der Waals surface area (Å²) in [5.74, 6) is 3.72. The molecule has 28 heavy (non-hydrogen) atoms. The maximum absolute atomic E-state index is 2.63. The van der Waals surface area contributed by atoms with Crippen molar-refractivity contribution in [3.63, 3.8) is 0 Å². The van der Waals surface area contributed by atoms with Crippen molar-refractivity contribution < 1.29 is 0 Å². The molecule has 0 heterocycles. The maximum Gasteiger partial charge on any atom is -0.0102 e. The van der Waals surface area contributed by atoms with Crippen LogP contribution in [-0.2, 0) is 12.8 Å². The Morgan fingerprint density at radius 3 is 2.61 bits per heavy atom. The molecule has 0 saturated heterocycles. The molecule has 0 N–H and O–H groups in total. The van der Waals surface area contributed by atoms with E-state index in [2.05, 4.69) is 71.9 Å². The van der Waals surface area contributed by atoms with E-state index in [9.17, 15) is 0 Å². The summed E-state index contributed by atoms with van der Waals surface area (Å²) < 4.78 is 0. The van der Waals surface area contributed by atoms with Crippen LogP contribution in [-0.4, -0.2) is 0 Å². The first-order valence-corrected chi connectivity index (χ1v) is 11.8.